The van der Waals surface area contributed by atoms with Crippen LogP contribution in [0, 0.1) is 11.8 Å². The Kier molecular flexibility index (Phi) is 4.53. The van der Waals surface area contributed by atoms with Crippen LogP contribution in [0.3, 0.4) is 0 Å². The molecule has 1 aromatic carbocycles. The molecule has 0 radical (unpaired) electrons. The Hall–Kier alpha value is -2.58. The quantitative estimate of drug-likeness (QED) is 0.806. The smallest absolute Gasteiger partial charge is 0.254 e. The van der Waals surface area contributed by atoms with E-state index in [4.69, 9.17) is 5.11 Å². The second-order valence-corrected chi connectivity index (χ2v) is 4.20. The zero-order valence-electron chi connectivity index (χ0n) is 11.1. The number of hydrogen-bond acceptors (Lipinski definition) is 3. The van der Waals surface area contributed by atoms with Gasteiger partial charge in [0, 0.05) is 25.4 Å². The highest BCUT2D eigenvalue weighted by atomic mass is 16.2. The summed E-state index contributed by atoms with van der Waals surface area (Å²) in [5.74, 6) is 5.29. The minimum absolute atomic E-state index is 0.178. The van der Waals surface area contributed by atoms with Crippen molar-refractivity contribution in [2.45, 2.75) is 6.54 Å². The summed E-state index contributed by atoms with van der Waals surface area (Å²) in [6, 6.07) is 7.50. The van der Waals surface area contributed by atoms with Crippen LogP contribution in [0.25, 0.3) is 0 Å². The molecule has 0 saturated carbocycles. The highest BCUT2D eigenvalue weighted by Crippen LogP contribution is 2.07. The third-order valence-electron chi connectivity index (χ3n) is 2.73. The second kappa shape index (κ2) is 6.55. The predicted octanol–water partition coefficient (Wildman–Crippen LogP) is 0.694. The summed E-state index contributed by atoms with van der Waals surface area (Å²) in [5, 5.41) is 15.5. The van der Waals surface area contributed by atoms with Gasteiger partial charge >= 0.3 is 0 Å². The van der Waals surface area contributed by atoms with Crippen molar-refractivity contribution in [3.05, 3.63) is 53.3 Å². The SMILES string of the molecule is Cn1cc(C(=O)NCc2ccccc2C#CCO)cn1. The Balaban J connectivity index is 2.06. The lowest BCUT2D eigenvalue weighted by atomic mass is 10.1. The minimum Gasteiger partial charge on any atom is -0.384 e. The number of rotatable bonds is 3. The molecule has 0 bridgehead atoms. The number of carbonyl (C=O) groups excluding carboxylic acids is 1. The van der Waals surface area contributed by atoms with Crippen LogP contribution >= 0.6 is 0 Å². The first-order chi connectivity index (χ1) is 9.70. The van der Waals surface area contributed by atoms with Crippen molar-refractivity contribution < 1.29 is 9.90 Å². The van der Waals surface area contributed by atoms with E-state index in [-0.39, 0.29) is 12.5 Å². The highest BCUT2D eigenvalue weighted by Gasteiger charge is 2.08. The number of nitrogens with zero attached hydrogens (tertiary/aromatic N) is 2. The van der Waals surface area contributed by atoms with E-state index in [1.165, 1.54) is 6.20 Å². The Labute approximate surface area is 117 Å². The van der Waals surface area contributed by atoms with Crippen molar-refractivity contribution in [2.75, 3.05) is 6.61 Å². The Morgan fingerprint density at radius 2 is 2.25 bits per heavy atom. The summed E-state index contributed by atoms with van der Waals surface area (Å²) in [4.78, 5) is 11.9. The standard InChI is InChI=1S/C15H15N3O2/c1-18-11-14(10-17-18)15(20)16-9-13-6-3-2-5-12(13)7-4-8-19/h2-3,5-6,10-11,19H,8-9H2,1H3,(H,16,20). The lowest BCUT2D eigenvalue weighted by molar-refractivity contribution is 0.0951. The van der Waals surface area contributed by atoms with Gasteiger partial charge in [-0.05, 0) is 11.6 Å². The summed E-state index contributed by atoms with van der Waals surface area (Å²) in [6.45, 7) is 0.195. The summed E-state index contributed by atoms with van der Waals surface area (Å²) >= 11 is 0. The summed E-state index contributed by atoms with van der Waals surface area (Å²) in [5.41, 5.74) is 2.23. The first kappa shape index (κ1) is 13.8. The van der Waals surface area contributed by atoms with E-state index >= 15 is 0 Å². The summed E-state index contributed by atoms with van der Waals surface area (Å²) in [6.07, 6.45) is 3.18. The van der Waals surface area contributed by atoms with Crippen LogP contribution in [0.15, 0.2) is 36.7 Å². The molecular weight excluding hydrogens is 254 g/mol. The molecule has 5 heteroatoms. The summed E-state index contributed by atoms with van der Waals surface area (Å²) < 4.78 is 1.58. The highest BCUT2D eigenvalue weighted by molar-refractivity contribution is 5.93. The van der Waals surface area contributed by atoms with Gasteiger partial charge < -0.3 is 10.4 Å². The van der Waals surface area contributed by atoms with Crippen molar-refractivity contribution in [1.29, 1.82) is 0 Å². The van der Waals surface area contributed by atoms with Crippen LogP contribution in [0.4, 0.5) is 0 Å². The van der Waals surface area contributed by atoms with Crippen LogP contribution < -0.4 is 5.32 Å². The van der Waals surface area contributed by atoms with Gasteiger partial charge in [-0.25, -0.2) is 0 Å². The average molecular weight is 269 g/mol. The van der Waals surface area contributed by atoms with Gasteiger partial charge in [0.05, 0.1) is 11.8 Å². The van der Waals surface area contributed by atoms with E-state index in [1.807, 2.05) is 24.3 Å². The fraction of sp³-hybridized carbons (Fsp3) is 0.200. The molecule has 0 unspecified atom stereocenters. The van der Waals surface area contributed by atoms with E-state index in [0.29, 0.717) is 12.1 Å². The molecule has 1 aromatic heterocycles. The number of nitrogens with one attached hydrogen (secondary N) is 1. The molecule has 0 fully saturated rings. The molecule has 0 spiro atoms. The molecule has 102 valence electrons. The predicted molar refractivity (Wildman–Crippen MR) is 74.8 cm³/mol. The summed E-state index contributed by atoms with van der Waals surface area (Å²) in [7, 11) is 1.76. The number of aromatic nitrogens is 2. The van der Waals surface area contributed by atoms with Gasteiger partial charge in [-0.3, -0.25) is 9.48 Å². The van der Waals surface area contributed by atoms with Crippen molar-refractivity contribution in [2.24, 2.45) is 7.05 Å². The Bertz CT molecular complexity index is 665. The lowest BCUT2D eigenvalue weighted by Crippen LogP contribution is -2.22. The minimum atomic E-state index is -0.184. The van der Waals surface area contributed by atoms with E-state index in [0.717, 1.165) is 11.1 Å². The maximum atomic E-state index is 11.9. The average Bonchev–Trinajstić information content (AvgIpc) is 2.90. The van der Waals surface area contributed by atoms with Crippen LogP contribution in [0.5, 0.6) is 0 Å². The first-order valence-electron chi connectivity index (χ1n) is 6.15. The normalized spacial score (nSPS) is 9.70. The molecule has 0 aliphatic heterocycles. The molecule has 5 nitrogen and oxygen atoms in total. The monoisotopic (exact) mass is 269 g/mol. The van der Waals surface area contributed by atoms with Gasteiger partial charge in [-0.1, -0.05) is 30.0 Å². The number of aliphatic hydroxyl groups excluding tert-OH is 1. The molecule has 2 N–H and O–H groups in total. The number of aliphatic hydroxyl groups is 1. The molecular formula is C15H15N3O2. The van der Waals surface area contributed by atoms with Crippen LogP contribution in [0.1, 0.15) is 21.5 Å². The molecule has 0 aliphatic carbocycles. The second-order valence-electron chi connectivity index (χ2n) is 4.20. The molecule has 1 amide bonds. The molecule has 20 heavy (non-hydrogen) atoms. The molecule has 0 aliphatic rings. The molecule has 0 saturated heterocycles. The number of amides is 1. The Morgan fingerprint density at radius 3 is 2.95 bits per heavy atom. The lowest BCUT2D eigenvalue weighted by Gasteiger charge is -2.06. The zero-order chi connectivity index (χ0) is 14.4. The number of aryl methyl sites for hydroxylation is 1. The molecule has 2 aromatic rings. The van der Waals surface area contributed by atoms with Crippen molar-refractivity contribution in [3.8, 4) is 11.8 Å². The fourth-order valence-electron chi connectivity index (χ4n) is 1.75. The van der Waals surface area contributed by atoms with Gasteiger partial charge in [-0.15, -0.1) is 0 Å². The number of benzene rings is 1. The van der Waals surface area contributed by atoms with Crippen molar-refractivity contribution in [1.82, 2.24) is 15.1 Å². The van der Waals surface area contributed by atoms with Gasteiger partial charge in [0.15, 0.2) is 0 Å². The first-order valence-corrected chi connectivity index (χ1v) is 6.15. The van der Waals surface area contributed by atoms with Gasteiger partial charge in [0.2, 0.25) is 0 Å². The molecule has 0 atom stereocenters. The van der Waals surface area contributed by atoms with E-state index in [2.05, 4.69) is 22.3 Å². The maximum Gasteiger partial charge on any atom is 0.254 e. The van der Waals surface area contributed by atoms with Crippen LogP contribution in [-0.2, 0) is 13.6 Å². The van der Waals surface area contributed by atoms with E-state index in [9.17, 15) is 4.79 Å². The van der Waals surface area contributed by atoms with E-state index in [1.54, 1.807) is 17.9 Å². The molecule has 1 heterocycles. The van der Waals surface area contributed by atoms with Crippen LogP contribution in [-0.4, -0.2) is 27.4 Å². The fourth-order valence-corrected chi connectivity index (χ4v) is 1.75. The maximum absolute atomic E-state index is 11.9. The molecule has 2 rings (SSSR count). The van der Waals surface area contributed by atoms with Crippen molar-refractivity contribution in [3.63, 3.8) is 0 Å². The largest absolute Gasteiger partial charge is 0.384 e. The topological polar surface area (TPSA) is 67.2 Å². The number of hydrogen-bond donors (Lipinski definition) is 2. The van der Waals surface area contributed by atoms with Gasteiger partial charge in [-0.2, -0.15) is 5.10 Å². The number of carbonyl (C=O) groups is 1. The van der Waals surface area contributed by atoms with Gasteiger partial charge in [0.25, 0.3) is 5.91 Å². The third kappa shape index (κ3) is 3.46. The van der Waals surface area contributed by atoms with Crippen molar-refractivity contribution >= 4 is 5.91 Å². The zero-order valence-corrected chi connectivity index (χ0v) is 11.1. The van der Waals surface area contributed by atoms with Gasteiger partial charge in [0.1, 0.15) is 6.61 Å². The van der Waals surface area contributed by atoms with E-state index < -0.39 is 0 Å². The Morgan fingerprint density at radius 1 is 1.45 bits per heavy atom. The third-order valence-corrected chi connectivity index (χ3v) is 2.73. The van der Waals surface area contributed by atoms with Crippen LogP contribution in [0.2, 0.25) is 0 Å².